The Balaban J connectivity index is 1.88. The Hall–Kier alpha value is -1.55. The zero-order chi connectivity index (χ0) is 14.7. The smallest absolute Gasteiger partial charge is 0.225 e. The number of benzene rings is 1. The summed E-state index contributed by atoms with van der Waals surface area (Å²) < 4.78 is 0. The molecule has 0 saturated carbocycles. The van der Waals surface area contributed by atoms with Crippen molar-refractivity contribution in [2.45, 2.75) is 38.8 Å². The molecule has 0 spiro atoms. The van der Waals surface area contributed by atoms with Gasteiger partial charge in [-0.15, -0.1) is 0 Å². The van der Waals surface area contributed by atoms with Crippen LogP contribution in [0.25, 0.3) is 0 Å². The molecule has 2 amide bonds. The van der Waals surface area contributed by atoms with Gasteiger partial charge in [0.05, 0.1) is 12.5 Å². The third kappa shape index (κ3) is 3.73. The van der Waals surface area contributed by atoms with Crippen molar-refractivity contribution in [1.82, 2.24) is 10.2 Å². The van der Waals surface area contributed by atoms with E-state index in [0.29, 0.717) is 18.0 Å². The molecule has 4 nitrogen and oxygen atoms in total. The van der Waals surface area contributed by atoms with E-state index >= 15 is 0 Å². The molecule has 1 aliphatic heterocycles. The van der Waals surface area contributed by atoms with E-state index in [4.69, 9.17) is 11.6 Å². The zero-order valence-corrected chi connectivity index (χ0v) is 12.5. The Morgan fingerprint density at radius 1 is 1.50 bits per heavy atom. The van der Waals surface area contributed by atoms with Gasteiger partial charge < -0.3 is 10.2 Å². The predicted molar refractivity (Wildman–Crippen MR) is 78.6 cm³/mol. The summed E-state index contributed by atoms with van der Waals surface area (Å²) in [5.74, 6) is 0.0312. The van der Waals surface area contributed by atoms with Gasteiger partial charge in [0.2, 0.25) is 11.8 Å². The largest absolute Gasteiger partial charge is 0.351 e. The Morgan fingerprint density at radius 3 is 2.85 bits per heavy atom. The highest BCUT2D eigenvalue weighted by Crippen LogP contribution is 2.15. The molecule has 1 aliphatic rings. The van der Waals surface area contributed by atoms with Crippen LogP contribution in [0, 0.1) is 0 Å². The molecule has 1 saturated heterocycles. The van der Waals surface area contributed by atoms with Crippen molar-refractivity contribution in [2.24, 2.45) is 0 Å². The van der Waals surface area contributed by atoms with E-state index in [1.54, 1.807) is 17.0 Å². The molecule has 0 bridgehead atoms. The van der Waals surface area contributed by atoms with Crippen molar-refractivity contribution in [1.29, 1.82) is 0 Å². The molecule has 1 aromatic rings. The first-order valence-electron chi connectivity index (χ1n) is 6.79. The number of halogens is 1. The van der Waals surface area contributed by atoms with Crippen LogP contribution < -0.4 is 5.32 Å². The molecule has 1 heterocycles. The maximum absolute atomic E-state index is 12.0. The highest BCUT2D eigenvalue weighted by atomic mass is 35.5. The van der Waals surface area contributed by atoms with Gasteiger partial charge in [-0.1, -0.05) is 23.7 Å². The molecule has 1 unspecified atom stereocenters. The summed E-state index contributed by atoms with van der Waals surface area (Å²) in [7, 11) is 0. The Labute approximate surface area is 124 Å². The van der Waals surface area contributed by atoms with Gasteiger partial charge in [-0.25, -0.2) is 0 Å². The molecule has 1 atom stereocenters. The van der Waals surface area contributed by atoms with Crippen molar-refractivity contribution in [3.05, 3.63) is 34.9 Å². The third-order valence-corrected chi connectivity index (χ3v) is 3.64. The second kappa shape index (κ2) is 6.27. The molecule has 5 heteroatoms. The van der Waals surface area contributed by atoms with Crippen LogP contribution in [0.3, 0.4) is 0 Å². The van der Waals surface area contributed by atoms with Crippen molar-refractivity contribution >= 4 is 23.4 Å². The average molecular weight is 295 g/mol. The number of carbonyl (C=O) groups is 2. The van der Waals surface area contributed by atoms with Crippen LogP contribution in [-0.2, 0) is 16.0 Å². The summed E-state index contributed by atoms with van der Waals surface area (Å²) in [5, 5.41) is 3.54. The molecule has 0 aromatic heterocycles. The fourth-order valence-electron chi connectivity index (χ4n) is 2.44. The van der Waals surface area contributed by atoms with Crippen LogP contribution in [0.1, 0.15) is 25.8 Å². The van der Waals surface area contributed by atoms with E-state index in [9.17, 15) is 9.59 Å². The summed E-state index contributed by atoms with van der Waals surface area (Å²) in [6, 6.07) is 7.34. The van der Waals surface area contributed by atoms with Gasteiger partial charge in [-0.2, -0.15) is 0 Å². The third-order valence-electron chi connectivity index (χ3n) is 3.40. The molecular weight excluding hydrogens is 276 g/mol. The monoisotopic (exact) mass is 294 g/mol. The Morgan fingerprint density at radius 2 is 2.25 bits per heavy atom. The topological polar surface area (TPSA) is 49.4 Å². The molecule has 1 N–H and O–H groups in total. The highest BCUT2D eigenvalue weighted by molar-refractivity contribution is 6.30. The standard InChI is InChI=1S/C15H19ClN2O2/c1-10(2)18-9-13(8-15(18)20)17-14(19)7-11-4-3-5-12(16)6-11/h3-6,10,13H,7-9H2,1-2H3,(H,17,19). The normalized spacial score (nSPS) is 18.7. The van der Waals surface area contributed by atoms with Gasteiger partial charge >= 0.3 is 0 Å². The van der Waals surface area contributed by atoms with Crippen molar-refractivity contribution < 1.29 is 9.59 Å². The highest BCUT2D eigenvalue weighted by Gasteiger charge is 2.31. The van der Waals surface area contributed by atoms with Gasteiger partial charge in [0.15, 0.2) is 0 Å². The van der Waals surface area contributed by atoms with Gasteiger partial charge in [-0.05, 0) is 31.5 Å². The lowest BCUT2D eigenvalue weighted by molar-refractivity contribution is -0.129. The first-order chi connectivity index (χ1) is 9.45. The summed E-state index contributed by atoms with van der Waals surface area (Å²) in [6.45, 7) is 4.56. The number of nitrogens with one attached hydrogen (secondary N) is 1. The van der Waals surface area contributed by atoms with E-state index in [1.165, 1.54) is 0 Å². The molecule has 108 valence electrons. The zero-order valence-electron chi connectivity index (χ0n) is 11.7. The fourth-order valence-corrected chi connectivity index (χ4v) is 2.65. The quantitative estimate of drug-likeness (QED) is 0.923. The molecule has 2 rings (SSSR count). The lowest BCUT2D eigenvalue weighted by Crippen LogP contribution is -2.39. The van der Waals surface area contributed by atoms with Crippen LogP contribution in [0.15, 0.2) is 24.3 Å². The first-order valence-corrected chi connectivity index (χ1v) is 7.17. The number of amides is 2. The minimum Gasteiger partial charge on any atom is -0.351 e. The number of hydrogen-bond acceptors (Lipinski definition) is 2. The molecule has 1 aromatic carbocycles. The van der Waals surface area contributed by atoms with Crippen molar-refractivity contribution in [3.8, 4) is 0 Å². The van der Waals surface area contributed by atoms with Gasteiger partial charge in [0, 0.05) is 24.0 Å². The lowest BCUT2D eigenvalue weighted by Gasteiger charge is -2.21. The van der Waals surface area contributed by atoms with Crippen LogP contribution in [-0.4, -0.2) is 35.3 Å². The second-order valence-corrected chi connectivity index (χ2v) is 5.85. The van der Waals surface area contributed by atoms with Crippen LogP contribution in [0.5, 0.6) is 0 Å². The van der Waals surface area contributed by atoms with Crippen LogP contribution >= 0.6 is 11.6 Å². The van der Waals surface area contributed by atoms with Crippen LogP contribution in [0.4, 0.5) is 0 Å². The van der Waals surface area contributed by atoms with E-state index in [2.05, 4.69) is 5.32 Å². The molecule has 0 radical (unpaired) electrons. The average Bonchev–Trinajstić information content (AvgIpc) is 2.70. The number of rotatable bonds is 4. The van der Waals surface area contributed by atoms with Gasteiger partial charge in [-0.3, -0.25) is 9.59 Å². The minimum atomic E-state index is -0.0865. The number of nitrogens with zero attached hydrogens (tertiary/aromatic N) is 1. The SMILES string of the molecule is CC(C)N1CC(NC(=O)Cc2cccc(Cl)c2)CC1=O. The predicted octanol–water partition coefficient (Wildman–Crippen LogP) is 2.01. The maximum Gasteiger partial charge on any atom is 0.225 e. The molecular formula is C15H19ClN2O2. The fraction of sp³-hybridized carbons (Fsp3) is 0.467. The van der Waals surface area contributed by atoms with E-state index in [0.717, 1.165) is 5.56 Å². The van der Waals surface area contributed by atoms with Gasteiger partial charge in [0.1, 0.15) is 0 Å². The van der Waals surface area contributed by atoms with E-state index in [1.807, 2.05) is 26.0 Å². The summed E-state index contributed by atoms with van der Waals surface area (Å²) in [6.07, 6.45) is 0.673. The number of hydrogen-bond donors (Lipinski definition) is 1. The number of likely N-dealkylation sites (tertiary alicyclic amines) is 1. The molecule has 1 fully saturated rings. The molecule has 20 heavy (non-hydrogen) atoms. The Kier molecular flexibility index (Phi) is 4.65. The minimum absolute atomic E-state index is 0.0735. The second-order valence-electron chi connectivity index (χ2n) is 5.42. The maximum atomic E-state index is 12.0. The van der Waals surface area contributed by atoms with Crippen molar-refractivity contribution in [3.63, 3.8) is 0 Å². The number of carbonyl (C=O) groups excluding carboxylic acids is 2. The van der Waals surface area contributed by atoms with Crippen molar-refractivity contribution in [2.75, 3.05) is 6.54 Å². The Bertz CT molecular complexity index is 516. The van der Waals surface area contributed by atoms with E-state index in [-0.39, 0.29) is 30.3 Å². The lowest BCUT2D eigenvalue weighted by atomic mass is 10.1. The van der Waals surface area contributed by atoms with E-state index < -0.39 is 0 Å². The van der Waals surface area contributed by atoms with Crippen LogP contribution in [0.2, 0.25) is 5.02 Å². The molecule has 0 aliphatic carbocycles. The summed E-state index contributed by atoms with van der Waals surface area (Å²) in [4.78, 5) is 25.5. The van der Waals surface area contributed by atoms with Gasteiger partial charge in [0.25, 0.3) is 0 Å². The summed E-state index contributed by atoms with van der Waals surface area (Å²) >= 11 is 5.89. The first kappa shape index (κ1) is 14.9. The summed E-state index contributed by atoms with van der Waals surface area (Å²) in [5.41, 5.74) is 0.875.